The molecule has 0 aromatic heterocycles. The van der Waals surface area contributed by atoms with Crippen LogP contribution in [0.1, 0.15) is 31.7 Å². The molecule has 2 N–H and O–H groups in total. The van der Waals surface area contributed by atoms with Crippen LogP contribution in [0.15, 0.2) is 35.3 Å². The molecule has 124 valence electrons. The first-order chi connectivity index (χ1) is 10.3. The number of likely N-dealkylation sites (tertiary alicyclic amines) is 1. The topological polar surface area (TPSA) is 39.7 Å². The third-order valence-electron chi connectivity index (χ3n) is 4.00. The predicted octanol–water partition coefficient (Wildman–Crippen LogP) is 2.84. The molecule has 0 spiro atoms. The zero-order valence-corrected chi connectivity index (χ0v) is 16.0. The van der Waals surface area contributed by atoms with Crippen LogP contribution in [-0.4, -0.2) is 43.6 Å². The smallest absolute Gasteiger partial charge is 0.191 e. The Kier molecular flexibility index (Phi) is 9.47. The first-order valence-electron chi connectivity index (χ1n) is 8.06. The van der Waals surface area contributed by atoms with E-state index in [1.54, 1.807) is 0 Å². The van der Waals surface area contributed by atoms with E-state index in [-0.39, 0.29) is 24.0 Å². The minimum atomic E-state index is 0. The van der Waals surface area contributed by atoms with Crippen molar-refractivity contribution in [2.24, 2.45) is 4.99 Å². The largest absolute Gasteiger partial charge is 0.356 e. The third kappa shape index (κ3) is 6.12. The number of nitrogens with zero attached hydrogens (tertiary/aromatic N) is 2. The van der Waals surface area contributed by atoms with Gasteiger partial charge < -0.3 is 10.6 Å². The van der Waals surface area contributed by atoms with Gasteiger partial charge in [0.25, 0.3) is 0 Å². The molecule has 1 aliphatic heterocycles. The first-order valence-corrected chi connectivity index (χ1v) is 8.06. The minimum Gasteiger partial charge on any atom is -0.356 e. The van der Waals surface area contributed by atoms with Gasteiger partial charge in [0.15, 0.2) is 5.96 Å². The van der Waals surface area contributed by atoms with Crippen molar-refractivity contribution < 1.29 is 0 Å². The van der Waals surface area contributed by atoms with E-state index in [0.717, 1.165) is 32.0 Å². The van der Waals surface area contributed by atoms with E-state index in [2.05, 4.69) is 57.8 Å². The van der Waals surface area contributed by atoms with E-state index >= 15 is 0 Å². The van der Waals surface area contributed by atoms with Crippen molar-refractivity contribution >= 4 is 29.9 Å². The second-order valence-electron chi connectivity index (χ2n) is 5.63. The van der Waals surface area contributed by atoms with Crippen molar-refractivity contribution in [2.75, 3.05) is 26.7 Å². The van der Waals surface area contributed by atoms with E-state index < -0.39 is 0 Å². The molecule has 0 saturated carbocycles. The molecule has 0 bridgehead atoms. The normalized spacial score (nSPS) is 18.8. The number of guanidine groups is 1. The predicted molar refractivity (Wildman–Crippen MR) is 105 cm³/mol. The molecule has 1 unspecified atom stereocenters. The van der Waals surface area contributed by atoms with Gasteiger partial charge in [0.2, 0.25) is 0 Å². The first kappa shape index (κ1) is 19.2. The van der Waals surface area contributed by atoms with E-state index in [1.807, 2.05) is 7.05 Å². The van der Waals surface area contributed by atoms with Crippen LogP contribution in [0.3, 0.4) is 0 Å². The van der Waals surface area contributed by atoms with Gasteiger partial charge in [-0.1, -0.05) is 37.3 Å². The molecule has 0 aliphatic carbocycles. The Labute approximate surface area is 151 Å². The Morgan fingerprint density at radius 1 is 1.27 bits per heavy atom. The van der Waals surface area contributed by atoms with Crippen LogP contribution in [0.25, 0.3) is 0 Å². The molecule has 22 heavy (non-hydrogen) atoms. The Bertz CT molecular complexity index is 436. The van der Waals surface area contributed by atoms with Crippen LogP contribution in [0, 0.1) is 0 Å². The summed E-state index contributed by atoms with van der Waals surface area (Å²) in [5.74, 6) is 0.920. The molecule has 1 aromatic rings. The molecule has 1 heterocycles. The van der Waals surface area contributed by atoms with Crippen molar-refractivity contribution in [1.82, 2.24) is 15.5 Å². The fourth-order valence-electron chi connectivity index (χ4n) is 2.83. The van der Waals surface area contributed by atoms with Gasteiger partial charge in [0.05, 0.1) is 0 Å². The average Bonchev–Trinajstić information content (AvgIpc) is 2.96. The summed E-state index contributed by atoms with van der Waals surface area (Å²) in [7, 11) is 1.83. The zero-order chi connectivity index (χ0) is 14.9. The maximum atomic E-state index is 4.27. The van der Waals surface area contributed by atoms with Crippen LogP contribution in [0.2, 0.25) is 0 Å². The molecular formula is C17H29IN4. The minimum absolute atomic E-state index is 0. The van der Waals surface area contributed by atoms with Crippen molar-refractivity contribution in [1.29, 1.82) is 0 Å². The summed E-state index contributed by atoms with van der Waals surface area (Å²) < 4.78 is 0. The summed E-state index contributed by atoms with van der Waals surface area (Å²) in [6, 6.07) is 11.3. The lowest BCUT2D eigenvalue weighted by Crippen LogP contribution is -2.44. The van der Waals surface area contributed by atoms with Gasteiger partial charge in [-0.25, -0.2) is 0 Å². The molecule has 1 aliphatic rings. The van der Waals surface area contributed by atoms with Crippen LogP contribution in [0.4, 0.5) is 0 Å². The van der Waals surface area contributed by atoms with Crippen LogP contribution in [0.5, 0.6) is 0 Å². The molecule has 0 radical (unpaired) electrons. The second-order valence-corrected chi connectivity index (χ2v) is 5.63. The Morgan fingerprint density at radius 2 is 2.05 bits per heavy atom. The third-order valence-corrected chi connectivity index (χ3v) is 4.00. The van der Waals surface area contributed by atoms with Crippen molar-refractivity contribution in [2.45, 2.75) is 38.8 Å². The van der Waals surface area contributed by atoms with E-state index in [9.17, 15) is 0 Å². The zero-order valence-electron chi connectivity index (χ0n) is 13.7. The highest BCUT2D eigenvalue weighted by Gasteiger charge is 2.24. The van der Waals surface area contributed by atoms with Gasteiger partial charge in [-0.15, -0.1) is 24.0 Å². The summed E-state index contributed by atoms with van der Waals surface area (Å²) in [5, 5.41) is 6.79. The standard InChI is InChI=1S/C17H28N4.HI/c1-3-11-19-17(18-2)20-13-16-10-7-12-21(16)14-15-8-5-4-6-9-15;/h4-6,8-9,16H,3,7,10-14H2,1-2H3,(H2,18,19,20);1H. The molecule has 1 aromatic carbocycles. The number of nitrogens with one attached hydrogen (secondary N) is 2. The van der Waals surface area contributed by atoms with E-state index in [0.29, 0.717) is 6.04 Å². The molecule has 5 heteroatoms. The summed E-state index contributed by atoms with van der Waals surface area (Å²) in [4.78, 5) is 6.85. The second kappa shape index (κ2) is 10.8. The molecule has 1 saturated heterocycles. The summed E-state index contributed by atoms with van der Waals surface area (Å²) in [6.07, 6.45) is 3.68. The van der Waals surface area contributed by atoms with Crippen molar-refractivity contribution in [3.8, 4) is 0 Å². The van der Waals surface area contributed by atoms with Crippen LogP contribution in [-0.2, 0) is 6.54 Å². The maximum Gasteiger partial charge on any atom is 0.191 e. The Morgan fingerprint density at radius 3 is 2.73 bits per heavy atom. The lowest BCUT2D eigenvalue weighted by Gasteiger charge is -2.25. The fourth-order valence-corrected chi connectivity index (χ4v) is 2.83. The number of hydrogen-bond donors (Lipinski definition) is 2. The summed E-state index contributed by atoms with van der Waals surface area (Å²) in [6.45, 7) is 6.35. The van der Waals surface area contributed by atoms with Crippen molar-refractivity contribution in [3.05, 3.63) is 35.9 Å². The van der Waals surface area contributed by atoms with Crippen molar-refractivity contribution in [3.63, 3.8) is 0 Å². The highest BCUT2D eigenvalue weighted by atomic mass is 127. The van der Waals surface area contributed by atoms with Gasteiger partial charge in [0.1, 0.15) is 0 Å². The summed E-state index contributed by atoms with van der Waals surface area (Å²) in [5.41, 5.74) is 1.40. The van der Waals surface area contributed by atoms with Crippen LogP contribution >= 0.6 is 24.0 Å². The fraction of sp³-hybridized carbons (Fsp3) is 0.588. The lowest BCUT2D eigenvalue weighted by atomic mass is 10.2. The number of hydrogen-bond acceptors (Lipinski definition) is 2. The molecular weight excluding hydrogens is 387 g/mol. The number of halogens is 1. The lowest BCUT2D eigenvalue weighted by molar-refractivity contribution is 0.245. The Balaban J connectivity index is 0.00000242. The van der Waals surface area contributed by atoms with E-state index in [4.69, 9.17) is 0 Å². The summed E-state index contributed by atoms with van der Waals surface area (Å²) >= 11 is 0. The number of rotatable bonds is 6. The van der Waals surface area contributed by atoms with Gasteiger partial charge in [0, 0.05) is 32.7 Å². The monoisotopic (exact) mass is 416 g/mol. The number of benzene rings is 1. The molecule has 1 fully saturated rings. The molecule has 2 rings (SSSR count). The highest BCUT2D eigenvalue weighted by molar-refractivity contribution is 14.0. The van der Waals surface area contributed by atoms with Gasteiger partial charge in [-0.05, 0) is 31.4 Å². The van der Waals surface area contributed by atoms with Crippen LogP contribution < -0.4 is 10.6 Å². The highest BCUT2D eigenvalue weighted by Crippen LogP contribution is 2.19. The SMILES string of the molecule is CCCNC(=NC)NCC1CCCN1Cc1ccccc1.I. The Hall–Kier alpha value is -0.820. The van der Waals surface area contributed by atoms with Gasteiger partial charge >= 0.3 is 0 Å². The number of aliphatic imine (C=N–C) groups is 1. The average molecular weight is 416 g/mol. The van der Waals surface area contributed by atoms with Gasteiger partial charge in [-0.3, -0.25) is 9.89 Å². The molecule has 4 nitrogen and oxygen atoms in total. The molecule has 1 atom stereocenters. The maximum absolute atomic E-state index is 4.27. The van der Waals surface area contributed by atoms with Gasteiger partial charge in [-0.2, -0.15) is 0 Å². The quantitative estimate of drug-likeness (QED) is 0.426. The molecule has 0 amide bonds. The van der Waals surface area contributed by atoms with E-state index in [1.165, 1.54) is 24.9 Å².